The van der Waals surface area contributed by atoms with Gasteiger partial charge in [0, 0.05) is 0 Å². The lowest BCUT2D eigenvalue weighted by atomic mass is 10.0. The number of ether oxygens (including phenoxy) is 1. The molecule has 2 rings (SSSR count). The number of rotatable bonds is 4. The summed E-state index contributed by atoms with van der Waals surface area (Å²) in [5, 5.41) is 0. The average Bonchev–Trinajstić information content (AvgIpc) is 2.81. The van der Waals surface area contributed by atoms with Crippen molar-refractivity contribution < 1.29 is 13.9 Å². The van der Waals surface area contributed by atoms with E-state index in [4.69, 9.17) is 9.15 Å². The van der Waals surface area contributed by atoms with E-state index in [-0.39, 0.29) is 12.2 Å². The topological polar surface area (TPSA) is 39.4 Å². The second kappa shape index (κ2) is 4.87. The van der Waals surface area contributed by atoms with Gasteiger partial charge in [-0.15, -0.1) is 0 Å². The van der Waals surface area contributed by atoms with Crippen molar-refractivity contribution in [2.24, 2.45) is 0 Å². The van der Waals surface area contributed by atoms with E-state index in [2.05, 4.69) is 0 Å². The molecule has 0 unspecified atom stereocenters. The molecular formula is C14H14O3. The van der Waals surface area contributed by atoms with Crippen LogP contribution in [0.2, 0.25) is 0 Å². The Morgan fingerprint density at radius 1 is 1.35 bits per heavy atom. The second-order valence-electron chi connectivity index (χ2n) is 3.88. The van der Waals surface area contributed by atoms with Crippen molar-refractivity contribution in [3.63, 3.8) is 0 Å². The maximum absolute atomic E-state index is 12.1. The molecule has 1 aromatic carbocycles. The van der Waals surface area contributed by atoms with Gasteiger partial charge in [-0.05, 0) is 36.8 Å². The fraction of sp³-hybridized carbons (Fsp3) is 0.214. The Morgan fingerprint density at radius 2 is 2.18 bits per heavy atom. The molecule has 3 heteroatoms. The van der Waals surface area contributed by atoms with Gasteiger partial charge in [0.15, 0.2) is 5.78 Å². The summed E-state index contributed by atoms with van der Waals surface area (Å²) >= 11 is 0. The molecule has 0 fully saturated rings. The van der Waals surface area contributed by atoms with Crippen LogP contribution in [0.3, 0.4) is 0 Å². The van der Waals surface area contributed by atoms with E-state index >= 15 is 0 Å². The van der Waals surface area contributed by atoms with Gasteiger partial charge in [0.05, 0.1) is 25.4 Å². The number of hydrogen-bond acceptors (Lipinski definition) is 3. The number of carbonyl (C=O) groups is 1. The van der Waals surface area contributed by atoms with Crippen molar-refractivity contribution in [3.8, 4) is 5.75 Å². The third kappa shape index (κ3) is 2.56. The molecule has 0 saturated carbocycles. The van der Waals surface area contributed by atoms with E-state index in [1.54, 1.807) is 31.6 Å². The van der Waals surface area contributed by atoms with E-state index in [9.17, 15) is 4.79 Å². The molecule has 1 aromatic heterocycles. The Balaban J connectivity index is 2.24. The van der Waals surface area contributed by atoms with Crippen molar-refractivity contribution in [1.29, 1.82) is 0 Å². The lowest BCUT2D eigenvalue weighted by molar-refractivity contribution is 0.0984. The molecule has 17 heavy (non-hydrogen) atoms. The number of ketones is 1. The van der Waals surface area contributed by atoms with Crippen LogP contribution in [0.15, 0.2) is 41.0 Å². The lowest BCUT2D eigenvalue weighted by Crippen LogP contribution is -2.05. The van der Waals surface area contributed by atoms with Gasteiger partial charge in [-0.1, -0.05) is 6.07 Å². The monoisotopic (exact) mass is 230 g/mol. The Morgan fingerprint density at radius 3 is 2.82 bits per heavy atom. The molecule has 2 aromatic rings. The zero-order valence-electron chi connectivity index (χ0n) is 9.90. The number of benzene rings is 1. The fourth-order valence-electron chi connectivity index (χ4n) is 1.70. The van der Waals surface area contributed by atoms with Crippen LogP contribution in [-0.2, 0) is 6.42 Å². The molecule has 0 amide bonds. The maximum atomic E-state index is 12.1. The first-order valence-electron chi connectivity index (χ1n) is 5.41. The van der Waals surface area contributed by atoms with Crippen LogP contribution in [0.4, 0.5) is 0 Å². The van der Waals surface area contributed by atoms with E-state index in [1.165, 1.54) is 0 Å². The van der Waals surface area contributed by atoms with Gasteiger partial charge >= 0.3 is 0 Å². The minimum Gasteiger partial charge on any atom is -0.496 e. The summed E-state index contributed by atoms with van der Waals surface area (Å²) in [5.41, 5.74) is 1.66. The predicted octanol–water partition coefficient (Wildman–Crippen LogP) is 3.02. The molecule has 0 radical (unpaired) electrons. The van der Waals surface area contributed by atoms with Crippen LogP contribution < -0.4 is 4.74 Å². The van der Waals surface area contributed by atoms with Gasteiger partial charge in [0.1, 0.15) is 11.5 Å². The Kier molecular flexibility index (Phi) is 3.28. The lowest BCUT2D eigenvalue weighted by Gasteiger charge is -2.07. The minimum absolute atomic E-state index is 0.00296. The van der Waals surface area contributed by atoms with Crippen LogP contribution >= 0.6 is 0 Å². The molecule has 0 bridgehead atoms. The predicted molar refractivity (Wildman–Crippen MR) is 64.5 cm³/mol. The van der Waals surface area contributed by atoms with Crippen molar-refractivity contribution in [3.05, 3.63) is 53.5 Å². The normalized spacial score (nSPS) is 10.2. The zero-order valence-corrected chi connectivity index (χ0v) is 9.90. The average molecular weight is 230 g/mol. The summed E-state index contributed by atoms with van der Waals surface area (Å²) in [4.78, 5) is 12.1. The first-order chi connectivity index (χ1) is 8.20. The SMILES string of the molecule is COc1cc(C)ccc1C(=O)Cc1ccco1. The summed E-state index contributed by atoms with van der Waals surface area (Å²) in [7, 11) is 1.57. The number of hydrogen-bond donors (Lipinski definition) is 0. The fourth-order valence-corrected chi connectivity index (χ4v) is 1.70. The van der Waals surface area contributed by atoms with Crippen LogP contribution in [0.5, 0.6) is 5.75 Å². The standard InChI is InChI=1S/C14H14O3/c1-10-5-6-12(14(8-10)16-2)13(15)9-11-4-3-7-17-11/h3-8H,9H2,1-2H3. The molecule has 88 valence electrons. The first-order valence-corrected chi connectivity index (χ1v) is 5.41. The van der Waals surface area contributed by atoms with Gasteiger partial charge in [0.2, 0.25) is 0 Å². The van der Waals surface area contributed by atoms with Gasteiger partial charge in [-0.2, -0.15) is 0 Å². The van der Waals surface area contributed by atoms with Gasteiger partial charge < -0.3 is 9.15 Å². The highest BCUT2D eigenvalue weighted by molar-refractivity contribution is 5.99. The summed E-state index contributed by atoms with van der Waals surface area (Å²) in [6.07, 6.45) is 1.82. The van der Waals surface area contributed by atoms with Gasteiger partial charge in [-0.25, -0.2) is 0 Å². The van der Waals surface area contributed by atoms with E-state index in [0.717, 1.165) is 5.56 Å². The molecule has 0 aliphatic heterocycles. The Bertz CT molecular complexity index is 512. The number of Topliss-reactive ketones (excluding diaryl/α,β-unsaturated/α-hetero) is 1. The quantitative estimate of drug-likeness (QED) is 0.758. The highest BCUT2D eigenvalue weighted by atomic mass is 16.5. The molecule has 0 saturated heterocycles. The first kappa shape index (κ1) is 11.5. The molecule has 1 heterocycles. The van der Waals surface area contributed by atoms with Gasteiger partial charge in [-0.3, -0.25) is 4.79 Å². The molecule has 0 aliphatic carbocycles. The van der Waals surface area contributed by atoms with Crippen molar-refractivity contribution in [2.75, 3.05) is 7.11 Å². The van der Waals surface area contributed by atoms with Gasteiger partial charge in [0.25, 0.3) is 0 Å². The van der Waals surface area contributed by atoms with Crippen LogP contribution in [0, 0.1) is 6.92 Å². The summed E-state index contributed by atoms with van der Waals surface area (Å²) < 4.78 is 10.4. The van der Waals surface area contributed by atoms with E-state index in [1.807, 2.05) is 19.1 Å². The highest BCUT2D eigenvalue weighted by Crippen LogP contribution is 2.21. The summed E-state index contributed by atoms with van der Waals surface area (Å²) in [5.74, 6) is 1.27. The minimum atomic E-state index is -0.00296. The van der Waals surface area contributed by atoms with Crippen molar-refractivity contribution >= 4 is 5.78 Å². The largest absolute Gasteiger partial charge is 0.496 e. The van der Waals surface area contributed by atoms with Crippen molar-refractivity contribution in [2.45, 2.75) is 13.3 Å². The molecule has 0 aliphatic rings. The highest BCUT2D eigenvalue weighted by Gasteiger charge is 2.13. The maximum Gasteiger partial charge on any atom is 0.174 e. The number of carbonyl (C=O) groups excluding carboxylic acids is 1. The zero-order chi connectivity index (χ0) is 12.3. The second-order valence-corrected chi connectivity index (χ2v) is 3.88. The number of methoxy groups -OCH3 is 1. The van der Waals surface area contributed by atoms with E-state index < -0.39 is 0 Å². The van der Waals surface area contributed by atoms with Crippen LogP contribution in [0.1, 0.15) is 21.7 Å². The van der Waals surface area contributed by atoms with Crippen LogP contribution in [0.25, 0.3) is 0 Å². The third-order valence-corrected chi connectivity index (χ3v) is 2.57. The third-order valence-electron chi connectivity index (χ3n) is 2.57. The Labute approximate surface area is 100 Å². The molecule has 0 N–H and O–H groups in total. The number of aryl methyl sites for hydroxylation is 1. The Hall–Kier alpha value is -2.03. The summed E-state index contributed by atoms with van der Waals surface area (Å²) in [6.45, 7) is 1.96. The summed E-state index contributed by atoms with van der Waals surface area (Å²) in [6, 6.07) is 9.11. The van der Waals surface area contributed by atoms with E-state index in [0.29, 0.717) is 17.1 Å². The number of furan rings is 1. The van der Waals surface area contributed by atoms with Crippen LogP contribution in [-0.4, -0.2) is 12.9 Å². The molecule has 0 atom stereocenters. The smallest absolute Gasteiger partial charge is 0.174 e. The molecule has 3 nitrogen and oxygen atoms in total. The molecular weight excluding hydrogens is 216 g/mol. The van der Waals surface area contributed by atoms with Crippen molar-refractivity contribution in [1.82, 2.24) is 0 Å². The molecule has 0 spiro atoms.